The van der Waals surface area contributed by atoms with Gasteiger partial charge in [-0.3, -0.25) is 9.59 Å². The third-order valence-electron chi connectivity index (χ3n) is 4.14. The summed E-state index contributed by atoms with van der Waals surface area (Å²) in [4.78, 5) is 24.1. The average Bonchev–Trinajstić information content (AvgIpc) is 2.60. The van der Waals surface area contributed by atoms with Gasteiger partial charge in [-0.2, -0.15) is 0 Å². The SMILES string of the molecule is CCCCCCCCC(=O)Oc1ccccc1OC(=O)C(C)CCC. The molecule has 140 valence electrons. The van der Waals surface area contributed by atoms with E-state index in [0.29, 0.717) is 17.9 Å². The van der Waals surface area contributed by atoms with Crippen LogP contribution in [-0.4, -0.2) is 11.9 Å². The molecule has 0 saturated carbocycles. The molecule has 0 amide bonds. The largest absolute Gasteiger partial charge is 0.423 e. The lowest BCUT2D eigenvalue weighted by Crippen LogP contribution is -2.18. The lowest BCUT2D eigenvalue weighted by molar-refractivity contribution is -0.140. The minimum Gasteiger partial charge on any atom is -0.423 e. The van der Waals surface area contributed by atoms with Gasteiger partial charge in [0.2, 0.25) is 0 Å². The Morgan fingerprint density at radius 1 is 0.880 bits per heavy atom. The van der Waals surface area contributed by atoms with Gasteiger partial charge in [0, 0.05) is 6.42 Å². The Morgan fingerprint density at radius 2 is 1.48 bits per heavy atom. The van der Waals surface area contributed by atoms with Crippen molar-refractivity contribution in [3.05, 3.63) is 24.3 Å². The van der Waals surface area contributed by atoms with Gasteiger partial charge < -0.3 is 9.47 Å². The summed E-state index contributed by atoms with van der Waals surface area (Å²) in [5, 5.41) is 0. The smallest absolute Gasteiger partial charge is 0.314 e. The maximum Gasteiger partial charge on any atom is 0.314 e. The third kappa shape index (κ3) is 8.71. The van der Waals surface area contributed by atoms with Crippen LogP contribution in [0.25, 0.3) is 0 Å². The molecule has 0 aliphatic carbocycles. The van der Waals surface area contributed by atoms with Gasteiger partial charge in [-0.1, -0.05) is 71.4 Å². The molecule has 0 fully saturated rings. The van der Waals surface area contributed by atoms with Crippen LogP contribution in [0.4, 0.5) is 0 Å². The molecular weight excluding hydrogens is 316 g/mol. The molecule has 1 rings (SSSR count). The van der Waals surface area contributed by atoms with Gasteiger partial charge >= 0.3 is 11.9 Å². The molecule has 0 saturated heterocycles. The molecule has 1 unspecified atom stereocenters. The Kier molecular flexibility index (Phi) is 10.6. The molecule has 1 aromatic carbocycles. The van der Waals surface area contributed by atoms with Crippen LogP contribution in [0.5, 0.6) is 11.5 Å². The van der Waals surface area contributed by atoms with E-state index >= 15 is 0 Å². The average molecular weight is 348 g/mol. The van der Waals surface area contributed by atoms with Crippen molar-refractivity contribution in [3.63, 3.8) is 0 Å². The molecule has 0 radical (unpaired) electrons. The molecule has 25 heavy (non-hydrogen) atoms. The number of hydrogen-bond acceptors (Lipinski definition) is 4. The van der Waals surface area contributed by atoms with Crippen LogP contribution in [0.1, 0.15) is 78.6 Å². The first-order valence-electron chi connectivity index (χ1n) is 9.59. The fraction of sp³-hybridized carbons (Fsp3) is 0.619. The topological polar surface area (TPSA) is 52.6 Å². The maximum absolute atomic E-state index is 12.1. The summed E-state index contributed by atoms with van der Waals surface area (Å²) in [5.41, 5.74) is 0. The Balaban J connectivity index is 2.47. The van der Waals surface area contributed by atoms with Crippen LogP contribution in [-0.2, 0) is 9.59 Å². The van der Waals surface area contributed by atoms with Crippen LogP contribution in [0.3, 0.4) is 0 Å². The predicted molar refractivity (Wildman–Crippen MR) is 99.8 cm³/mol. The molecule has 0 aliphatic rings. The minimum atomic E-state index is -0.290. The van der Waals surface area contributed by atoms with E-state index in [4.69, 9.17) is 9.47 Å². The normalized spacial score (nSPS) is 11.8. The van der Waals surface area contributed by atoms with E-state index in [9.17, 15) is 9.59 Å². The monoisotopic (exact) mass is 348 g/mol. The number of esters is 2. The summed E-state index contributed by atoms with van der Waals surface area (Å²) < 4.78 is 10.8. The molecule has 0 aromatic heterocycles. The van der Waals surface area contributed by atoms with Crippen LogP contribution >= 0.6 is 0 Å². The molecule has 0 aliphatic heterocycles. The van der Waals surface area contributed by atoms with Crippen molar-refractivity contribution in [2.75, 3.05) is 0 Å². The second kappa shape index (κ2) is 12.5. The van der Waals surface area contributed by atoms with Crippen molar-refractivity contribution in [2.45, 2.75) is 78.6 Å². The van der Waals surface area contributed by atoms with Crippen molar-refractivity contribution in [1.29, 1.82) is 0 Å². The fourth-order valence-corrected chi connectivity index (χ4v) is 2.60. The van der Waals surface area contributed by atoms with Crippen molar-refractivity contribution in [3.8, 4) is 11.5 Å². The lowest BCUT2D eigenvalue weighted by Gasteiger charge is -2.13. The van der Waals surface area contributed by atoms with Gasteiger partial charge in [-0.25, -0.2) is 0 Å². The number of benzene rings is 1. The molecule has 1 atom stereocenters. The predicted octanol–water partition coefficient (Wildman–Crippen LogP) is 5.68. The minimum absolute atomic E-state index is 0.170. The Morgan fingerprint density at radius 3 is 2.12 bits per heavy atom. The maximum atomic E-state index is 12.1. The fourth-order valence-electron chi connectivity index (χ4n) is 2.60. The second-order valence-corrected chi connectivity index (χ2v) is 6.55. The Labute approximate surface area is 151 Å². The molecule has 0 spiro atoms. The lowest BCUT2D eigenvalue weighted by atomic mass is 10.1. The first-order chi connectivity index (χ1) is 12.1. The summed E-state index contributed by atoms with van der Waals surface area (Å²) in [7, 11) is 0. The van der Waals surface area contributed by atoms with E-state index in [2.05, 4.69) is 6.92 Å². The number of rotatable bonds is 12. The molecule has 4 heteroatoms. The van der Waals surface area contributed by atoms with Gasteiger partial charge in [0.15, 0.2) is 11.5 Å². The summed E-state index contributed by atoms with van der Waals surface area (Å²) in [6.07, 6.45) is 8.81. The van der Waals surface area contributed by atoms with Gasteiger partial charge in [-0.15, -0.1) is 0 Å². The number of ether oxygens (including phenoxy) is 2. The van der Waals surface area contributed by atoms with E-state index in [1.165, 1.54) is 19.3 Å². The molecule has 0 bridgehead atoms. The van der Waals surface area contributed by atoms with E-state index in [1.807, 2.05) is 13.8 Å². The number of unbranched alkanes of at least 4 members (excludes halogenated alkanes) is 5. The summed E-state index contributed by atoms with van der Waals surface area (Å²) in [6.45, 7) is 6.06. The molecule has 0 heterocycles. The standard InChI is InChI=1S/C21H32O4/c1-4-6-7-8-9-10-16-20(22)24-18-14-11-12-15-19(18)25-21(23)17(3)13-5-2/h11-12,14-15,17H,4-10,13,16H2,1-3H3. The second-order valence-electron chi connectivity index (χ2n) is 6.55. The molecule has 1 aromatic rings. The van der Waals surface area contributed by atoms with E-state index in [-0.39, 0.29) is 17.9 Å². The Hall–Kier alpha value is -1.84. The van der Waals surface area contributed by atoms with Gasteiger partial charge in [-0.05, 0) is 25.0 Å². The third-order valence-corrected chi connectivity index (χ3v) is 4.14. The molecular formula is C21H32O4. The number of hydrogen-bond donors (Lipinski definition) is 0. The zero-order valence-corrected chi connectivity index (χ0v) is 15.9. The highest BCUT2D eigenvalue weighted by Crippen LogP contribution is 2.28. The summed E-state index contributed by atoms with van der Waals surface area (Å²) in [5.74, 6) is -0.110. The van der Waals surface area contributed by atoms with E-state index in [1.54, 1.807) is 24.3 Å². The highest BCUT2D eigenvalue weighted by atomic mass is 16.6. The van der Waals surface area contributed by atoms with Crippen LogP contribution in [0.2, 0.25) is 0 Å². The summed E-state index contributed by atoms with van der Waals surface area (Å²) >= 11 is 0. The quantitative estimate of drug-likeness (QED) is 0.277. The molecule has 0 N–H and O–H groups in total. The van der Waals surface area contributed by atoms with Gasteiger partial charge in [0.05, 0.1) is 5.92 Å². The Bertz CT molecular complexity index is 524. The summed E-state index contributed by atoms with van der Waals surface area (Å²) in [6, 6.07) is 6.84. The highest BCUT2D eigenvalue weighted by molar-refractivity contribution is 5.77. The van der Waals surface area contributed by atoms with Crippen molar-refractivity contribution < 1.29 is 19.1 Å². The van der Waals surface area contributed by atoms with Crippen LogP contribution < -0.4 is 9.47 Å². The first-order valence-corrected chi connectivity index (χ1v) is 9.59. The van der Waals surface area contributed by atoms with Crippen LogP contribution in [0.15, 0.2) is 24.3 Å². The van der Waals surface area contributed by atoms with Crippen molar-refractivity contribution >= 4 is 11.9 Å². The van der Waals surface area contributed by atoms with Crippen LogP contribution in [0, 0.1) is 5.92 Å². The molecule has 4 nitrogen and oxygen atoms in total. The van der Waals surface area contributed by atoms with Crippen molar-refractivity contribution in [2.24, 2.45) is 5.92 Å². The van der Waals surface area contributed by atoms with E-state index < -0.39 is 0 Å². The number of carbonyl (C=O) groups excluding carboxylic acids is 2. The zero-order valence-electron chi connectivity index (χ0n) is 15.9. The van der Waals surface area contributed by atoms with Gasteiger partial charge in [0.1, 0.15) is 0 Å². The first kappa shape index (κ1) is 21.2. The van der Waals surface area contributed by atoms with E-state index in [0.717, 1.165) is 32.1 Å². The highest BCUT2D eigenvalue weighted by Gasteiger charge is 2.17. The number of para-hydroxylation sites is 2. The zero-order chi connectivity index (χ0) is 18.5. The van der Waals surface area contributed by atoms with Gasteiger partial charge in [0.25, 0.3) is 0 Å². The number of carbonyl (C=O) groups is 2. The van der Waals surface area contributed by atoms with Crippen molar-refractivity contribution in [1.82, 2.24) is 0 Å².